The van der Waals surface area contributed by atoms with E-state index >= 15 is 0 Å². The number of ether oxygens (including phenoxy) is 1. The minimum Gasteiger partial charge on any atom is -0.477 e. The standard InChI is InChI=1S/C10H11N3O2.C8H7N3O2.CH4/c1-3-15-10(14)8-4-5-13-9(12-8)7(2)6-11-13;1-5-4-9-11-3-2-6(8(12)13)10-7(5)11;/h4-6H,3H2,1-2H3;2-4H,1H3,(H,12,13);1H4. The Morgan fingerprint density at radius 2 is 1.45 bits per heavy atom. The van der Waals surface area contributed by atoms with Crippen molar-refractivity contribution in [3.05, 3.63) is 59.4 Å². The molecule has 0 aliphatic rings. The Kier molecular flexibility index (Phi) is 6.60. The van der Waals surface area contributed by atoms with Crippen molar-refractivity contribution < 1.29 is 19.4 Å². The molecule has 0 radical (unpaired) electrons. The fourth-order valence-corrected chi connectivity index (χ4v) is 2.40. The van der Waals surface area contributed by atoms with E-state index < -0.39 is 11.9 Å². The highest BCUT2D eigenvalue weighted by molar-refractivity contribution is 5.87. The van der Waals surface area contributed by atoms with Gasteiger partial charge in [0.1, 0.15) is 0 Å². The van der Waals surface area contributed by atoms with Crippen molar-refractivity contribution in [2.24, 2.45) is 0 Å². The molecule has 0 saturated carbocycles. The SMILES string of the molecule is C.CCOC(=O)c1ccn2ncc(C)c2n1.Cc1cnn2ccc(C(=O)O)nc12. The Morgan fingerprint density at radius 3 is 1.93 bits per heavy atom. The fraction of sp³-hybridized carbons (Fsp3) is 0.263. The smallest absolute Gasteiger partial charge is 0.357 e. The molecule has 0 aromatic carbocycles. The third-order valence-corrected chi connectivity index (χ3v) is 3.79. The first-order valence-corrected chi connectivity index (χ1v) is 8.43. The third kappa shape index (κ3) is 4.54. The van der Waals surface area contributed by atoms with E-state index in [-0.39, 0.29) is 13.1 Å². The lowest BCUT2D eigenvalue weighted by Gasteiger charge is -2.01. The number of carboxylic acids is 1. The predicted molar refractivity (Wildman–Crippen MR) is 105 cm³/mol. The van der Waals surface area contributed by atoms with Gasteiger partial charge < -0.3 is 9.84 Å². The van der Waals surface area contributed by atoms with Crippen molar-refractivity contribution in [3.63, 3.8) is 0 Å². The Morgan fingerprint density at radius 1 is 0.966 bits per heavy atom. The molecular weight excluding hydrogens is 376 g/mol. The normalized spacial score (nSPS) is 10.2. The molecule has 0 saturated heterocycles. The van der Waals surface area contributed by atoms with Gasteiger partial charge in [-0.05, 0) is 32.9 Å². The van der Waals surface area contributed by atoms with E-state index in [0.29, 0.717) is 23.6 Å². The van der Waals surface area contributed by atoms with Gasteiger partial charge in [-0.15, -0.1) is 0 Å². The first-order valence-electron chi connectivity index (χ1n) is 8.43. The van der Waals surface area contributed by atoms with Gasteiger partial charge in [0.25, 0.3) is 0 Å². The summed E-state index contributed by atoms with van der Waals surface area (Å²) in [6.07, 6.45) is 6.63. The molecule has 0 atom stereocenters. The van der Waals surface area contributed by atoms with Crippen LogP contribution >= 0.6 is 0 Å². The van der Waals surface area contributed by atoms with Gasteiger partial charge in [-0.1, -0.05) is 7.43 Å². The van der Waals surface area contributed by atoms with E-state index in [4.69, 9.17) is 9.84 Å². The summed E-state index contributed by atoms with van der Waals surface area (Å²) >= 11 is 0. The summed E-state index contributed by atoms with van der Waals surface area (Å²) in [4.78, 5) is 30.1. The summed E-state index contributed by atoms with van der Waals surface area (Å²) in [7, 11) is 0. The number of aryl methyl sites for hydroxylation is 2. The Labute approximate surface area is 166 Å². The van der Waals surface area contributed by atoms with Gasteiger partial charge in [-0.2, -0.15) is 10.2 Å². The van der Waals surface area contributed by atoms with E-state index in [1.807, 2.05) is 13.8 Å². The second-order valence-electron chi connectivity index (χ2n) is 5.84. The maximum absolute atomic E-state index is 11.4. The zero-order valence-corrected chi connectivity index (χ0v) is 15.5. The molecule has 0 amide bonds. The van der Waals surface area contributed by atoms with Crippen molar-refractivity contribution in [1.29, 1.82) is 0 Å². The Hall–Kier alpha value is -3.82. The van der Waals surface area contributed by atoms with E-state index in [0.717, 1.165) is 11.1 Å². The molecule has 4 heterocycles. The molecule has 0 aliphatic heterocycles. The minimum absolute atomic E-state index is 0. The lowest BCUT2D eigenvalue weighted by Crippen LogP contribution is -2.08. The van der Waals surface area contributed by atoms with Crippen molar-refractivity contribution in [2.45, 2.75) is 28.2 Å². The summed E-state index contributed by atoms with van der Waals surface area (Å²) in [5.41, 5.74) is 3.41. The van der Waals surface area contributed by atoms with Crippen LogP contribution in [-0.4, -0.2) is 52.8 Å². The number of carboxylic acid groups (broad SMARTS) is 1. The van der Waals surface area contributed by atoms with Gasteiger partial charge in [0.15, 0.2) is 22.7 Å². The molecule has 4 rings (SSSR count). The Bertz CT molecular complexity index is 1160. The molecular formula is C19H22N6O4. The van der Waals surface area contributed by atoms with Gasteiger partial charge >= 0.3 is 11.9 Å². The third-order valence-electron chi connectivity index (χ3n) is 3.79. The van der Waals surface area contributed by atoms with Gasteiger partial charge in [0, 0.05) is 23.5 Å². The number of carbonyl (C=O) groups excluding carboxylic acids is 1. The maximum atomic E-state index is 11.4. The summed E-state index contributed by atoms with van der Waals surface area (Å²) in [6.45, 7) is 5.84. The zero-order valence-electron chi connectivity index (χ0n) is 15.5. The molecule has 1 N–H and O–H groups in total. The van der Waals surface area contributed by atoms with Crippen LogP contribution in [0.3, 0.4) is 0 Å². The molecule has 4 aromatic rings. The number of esters is 1. The first-order chi connectivity index (χ1) is 13.4. The first kappa shape index (κ1) is 21.5. The van der Waals surface area contributed by atoms with Crippen LogP contribution in [0.2, 0.25) is 0 Å². The summed E-state index contributed by atoms with van der Waals surface area (Å²) in [5.74, 6) is -1.43. The lowest BCUT2D eigenvalue weighted by molar-refractivity contribution is 0.0519. The van der Waals surface area contributed by atoms with E-state index in [1.54, 1.807) is 46.8 Å². The number of carbonyl (C=O) groups is 2. The second-order valence-corrected chi connectivity index (χ2v) is 5.84. The largest absolute Gasteiger partial charge is 0.477 e. The number of aromatic nitrogens is 6. The van der Waals surface area contributed by atoms with Crippen molar-refractivity contribution in [1.82, 2.24) is 29.2 Å². The highest BCUT2D eigenvalue weighted by Gasteiger charge is 2.10. The summed E-state index contributed by atoms with van der Waals surface area (Å²) in [5, 5.41) is 16.7. The maximum Gasteiger partial charge on any atom is 0.357 e. The highest BCUT2D eigenvalue weighted by Crippen LogP contribution is 2.08. The number of nitrogens with zero attached hydrogens (tertiary/aromatic N) is 6. The zero-order chi connectivity index (χ0) is 20.3. The number of rotatable bonds is 3. The Balaban J connectivity index is 0.000000202. The van der Waals surface area contributed by atoms with Crippen molar-refractivity contribution >= 4 is 23.2 Å². The quantitative estimate of drug-likeness (QED) is 0.522. The van der Waals surface area contributed by atoms with Gasteiger partial charge in [0.05, 0.1) is 19.0 Å². The van der Waals surface area contributed by atoms with Crippen LogP contribution in [0.4, 0.5) is 0 Å². The number of aromatic carboxylic acids is 1. The molecule has 0 spiro atoms. The topological polar surface area (TPSA) is 124 Å². The van der Waals surface area contributed by atoms with E-state index in [9.17, 15) is 9.59 Å². The van der Waals surface area contributed by atoms with Gasteiger partial charge in [-0.25, -0.2) is 28.6 Å². The van der Waals surface area contributed by atoms with E-state index in [2.05, 4.69) is 20.2 Å². The van der Waals surface area contributed by atoms with Crippen LogP contribution in [0.25, 0.3) is 11.3 Å². The second kappa shape index (κ2) is 8.91. The van der Waals surface area contributed by atoms with Crippen LogP contribution in [-0.2, 0) is 4.74 Å². The highest BCUT2D eigenvalue weighted by atomic mass is 16.5. The van der Waals surface area contributed by atoms with Gasteiger partial charge in [-0.3, -0.25) is 0 Å². The molecule has 10 nitrogen and oxygen atoms in total. The fourth-order valence-electron chi connectivity index (χ4n) is 2.40. The molecule has 4 aromatic heterocycles. The molecule has 0 unspecified atom stereocenters. The molecule has 29 heavy (non-hydrogen) atoms. The summed E-state index contributed by atoms with van der Waals surface area (Å²) < 4.78 is 8.03. The summed E-state index contributed by atoms with van der Waals surface area (Å²) in [6, 6.07) is 3.01. The molecule has 0 aliphatic carbocycles. The van der Waals surface area contributed by atoms with Crippen LogP contribution in [0.5, 0.6) is 0 Å². The minimum atomic E-state index is -1.02. The average Bonchev–Trinajstić information content (AvgIpc) is 3.25. The molecule has 0 bridgehead atoms. The number of hydrogen-bond acceptors (Lipinski definition) is 7. The van der Waals surface area contributed by atoms with Crippen LogP contribution < -0.4 is 0 Å². The monoisotopic (exact) mass is 398 g/mol. The number of hydrogen-bond donors (Lipinski definition) is 1. The lowest BCUT2D eigenvalue weighted by atomic mass is 10.3. The molecule has 0 fully saturated rings. The molecule has 152 valence electrons. The van der Waals surface area contributed by atoms with Gasteiger partial charge in [0.2, 0.25) is 0 Å². The average molecular weight is 398 g/mol. The van der Waals surface area contributed by atoms with Crippen LogP contribution in [0.1, 0.15) is 46.5 Å². The van der Waals surface area contributed by atoms with Crippen molar-refractivity contribution in [2.75, 3.05) is 6.61 Å². The molecule has 10 heteroatoms. The van der Waals surface area contributed by atoms with Crippen LogP contribution in [0, 0.1) is 13.8 Å². The van der Waals surface area contributed by atoms with Crippen LogP contribution in [0.15, 0.2) is 36.9 Å². The predicted octanol–water partition coefficient (Wildman–Crippen LogP) is 2.59. The van der Waals surface area contributed by atoms with Crippen molar-refractivity contribution in [3.8, 4) is 0 Å². The number of fused-ring (bicyclic) bond motifs is 2. The van der Waals surface area contributed by atoms with E-state index in [1.165, 1.54) is 6.07 Å².